The van der Waals surface area contributed by atoms with Crippen molar-refractivity contribution in [3.63, 3.8) is 0 Å². The van der Waals surface area contributed by atoms with Crippen molar-refractivity contribution in [2.75, 3.05) is 5.75 Å². The van der Waals surface area contributed by atoms with E-state index in [4.69, 9.17) is 5.26 Å². The quantitative estimate of drug-likeness (QED) is 0.564. The maximum Gasteiger partial charge on any atom is 0.331 e. The SMILES string of the molecule is N#CCCCn1c(=O)cc2n(c1=O)CCS2. The lowest BCUT2D eigenvalue weighted by molar-refractivity contribution is 0.532. The molecule has 1 aliphatic heterocycles. The summed E-state index contributed by atoms with van der Waals surface area (Å²) in [4.78, 5) is 23.6. The van der Waals surface area contributed by atoms with Gasteiger partial charge in [0.15, 0.2) is 0 Å². The summed E-state index contributed by atoms with van der Waals surface area (Å²) in [5.74, 6) is 0.844. The van der Waals surface area contributed by atoms with Gasteiger partial charge < -0.3 is 0 Å². The lowest BCUT2D eigenvalue weighted by Crippen LogP contribution is -2.39. The highest BCUT2D eigenvalue weighted by atomic mass is 32.2. The van der Waals surface area contributed by atoms with Gasteiger partial charge >= 0.3 is 5.69 Å². The first-order valence-corrected chi connectivity index (χ1v) is 6.07. The summed E-state index contributed by atoms with van der Waals surface area (Å²) in [6.45, 7) is 0.994. The molecule has 1 aromatic rings. The lowest BCUT2D eigenvalue weighted by atomic mass is 10.3. The van der Waals surface area contributed by atoms with Crippen molar-refractivity contribution in [2.45, 2.75) is 31.0 Å². The molecule has 0 N–H and O–H groups in total. The molecule has 2 heterocycles. The second-order valence-electron chi connectivity index (χ2n) is 3.52. The predicted octanol–water partition coefficient (Wildman–Crippen LogP) is 0.419. The van der Waals surface area contributed by atoms with E-state index in [1.165, 1.54) is 22.4 Å². The first-order chi connectivity index (χ1) is 7.74. The van der Waals surface area contributed by atoms with Crippen LogP contribution in [-0.2, 0) is 13.1 Å². The van der Waals surface area contributed by atoms with E-state index in [-0.39, 0.29) is 11.2 Å². The summed E-state index contributed by atoms with van der Waals surface area (Å²) in [5, 5.41) is 9.17. The Morgan fingerprint density at radius 1 is 1.50 bits per heavy atom. The number of nitrogens with zero attached hydrogens (tertiary/aromatic N) is 3. The van der Waals surface area contributed by atoms with Crippen LogP contribution in [0.25, 0.3) is 0 Å². The van der Waals surface area contributed by atoms with Crippen molar-refractivity contribution in [2.24, 2.45) is 0 Å². The minimum absolute atomic E-state index is 0.245. The average Bonchev–Trinajstić information content (AvgIpc) is 2.71. The third-order valence-corrected chi connectivity index (χ3v) is 3.50. The van der Waals surface area contributed by atoms with Gasteiger partial charge in [-0.15, -0.1) is 11.8 Å². The molecule has 84 valence electrons. The van der Waals surface area contributed by atoms with Gasteiger partial charge in [-0.1, -0.05) is 0 Å². The topological polar surface area (TPSA) is 67.8 Å². The summed E-state index contributed by atoms with van der Waals surface area (Å²) in [6, 6.07) is 3.51. The number of fused-ring (bicyclic) bond motifs is 1. The van der Waals surface area contributed by atoms with Crippen LogP contribution in [0.2, 0.25) is 0 Å². The number of hydrogen-bond acceptors (Lipinski definition) is 4. The van der Waals surface area contributed by atoms with E-state index in [9.17, 15) is 9.59 Å². The molecule has 1 aliphatic rings. The van der Waals surface area contributed by atoms with Gasteiger partial charge in [-0.2, -0.15) is 5.26 Å². The molecule has 5 nitrogen and oxygen atoms in total. The summed E-state index contributed by atoms with van der Waals surface area (Å²) in [6.07, 6.45) is 0.903. The molecule has 0 spiro atoms. The second kappa shape index (κ2) is 4.58. The lowest BCUT2D eigenvalue weighted by Gasteiger charge is -2.07. The van der Waals surface area contributed by atoms with Crippen molar-refractivity contribution in [3.05, 3.63) is 26.9 Å². The van der Waals surface area contributed by atoms with E-state index in [1.54, 1.807) is 4.57 Å². The fourth-order valence-corrected chi connectivity index (χ4v) is 2.68. The number of thioether (sulfide) groups is 1. The van der Waals surface area contributed by atoms with E-state index < -0.39 is 0 Å². The Balaban J connectivity index is 2.36. The Bertz CT molecular complexity index is 553. The van der Waals surface area contributed by atoms with Crippen LogP contribution in [0.1, 0.15) is 12.8 Å². The normalized spacial score (nSPS) is 13.4. The molecule has 0 radical (unpaired) electrons. The standard InChI is InChI=1S/C10H11N3O2S/c11-3-1-2-4-12-8(14)7-9-13(10(12)15)5-6-16-9/h7H,1-2,4-6H2. The number of rotatable bonds is 3. The van der Waals surface area contributed by atoms with Crippen LogP contribution in [0, 0.1) is 11.3 Å². The Morgan fingerprint density at radius 3 is 3.06 bits per heavy atom. The molecule has 0 bridgehead atoms. The van der Waals surface area contributed by atoms with Crippen LogP contribution >= 0.6 is 11.8 Å². The minimum Gasteiger partial charge on any atom is -0.287 e. The molecule has 16 heavy (non-hydrogen) atoms. The number of hydrogen-bond donors (Lipinski definition) is 0. The third kappa shape index (κ3) is 1.91. The van der Waals surface area contributed by atoms with Gasteiger partial charge in [0.1, 0.15) is 0 Å². The molecule has 0 atom stereocenters. The first kappa shape index (κ1) is 11.0. The van der Waals surface area contributed by atoms with Crippen molar-refractivity contribution >= 4 is 11.8 Å². The van der Waals surface area contributed by atoms with E-state index in [0.29, 0.717) is 25.9 Å². The van der Waals surface area contributed by atoms with Crippen molar-refractivity contribution in [1.29, 1.82) is 5.26 Å². The molecular weight excluding hydrogens is 226 g/mol. The van der Waals surface area contributed by atoms with Gasteiger partial charge in [-0.25, -0.2) is 4.79 Å². The third-order valence-electron chi connectivity index (χ3n) is 2.48. The van der Waals surface area contributed by atoms with Crippen molar-refractivity contribution < 1.29 is 0 Å². The molecule has 2 rings (SSSR count). The smallest absolute Gasteiger partial charge is 0.287 e. The predicted molar refractivity (Wildman–Crippen MR) is 60.5 cm³/mol. The van der Waals surface area contributed by atoms with Crippen LogP contribution in [0.3, 0.4) is 0 Å². The zero-order valence-electron chi connectivity index (χ0n) is 8.68. The fraction of sp³-hybridized carbons (Fsp3) is 0.500. The highest BCUT2D eigenvalue weighted by Crippen LogP contribution is 2.21. The van der Waals surface area contributed by atoms with Crippen molar-refractivity contribution in [1.82, 2.24) is 9.13 Å². The number of aromatic nitrogens is 2. The van der Waals surface area contributed by atoms with E-state index in [1.807, 2.05) is 6.07 Å². The molecule has 1 aromatic heterocycles. The first-order valence-electron chi connectivity index (χ1n) is 5.08. The zero-order valence-corrected chi connectivity index (χ0v) is 9.50. The number of nitriles is 1. The zero-order chi connectivity index (χ0) is 11.5. The summed E-state index contributed by atoms with van der Waals surface area (Å²) in [7, 11) is 0. The molecule has 0 fully saturated rings. The maximum absolute atomic E-state index is 11.9. The van der Waals surface area contributed by atoms with Gasteiger partial charge in [0, 0.05) is 31.3 Å². The largest absolute Gasteiger partial charge is 0.331 e. The van der Waals surface area contributed by atoms with E-state index in [2.05, 4.69) is 0 Å². The molecule has 0 amide bonds. The van der Waals surface area contributed by atoms with Crippen molar-refractivity contribution in [3.8, 4) is 6.07 Å². The Morgan fingerprint density at radius 2 is 2.31 bits per heavy atom. The molecular formula is C10H11N3O2S. The molecule has 0 unspecified atom stereocenters. The number of unbranched alkanes of at least 4 members (excludes halogenated alkanes) is 1. The van der Waals surface area contributed by atoms with Crippen LogP contribution < -0.4 is 11.2 Å². The van der Waals surface area contributed by atoms with Gasteiger partial charge in [0.05, 0.1) is 11.1 Å². The van der Waals surface area contributed by atoms with Crippen LogP contribution in [-0.4, -0.2) is 14.9 Å². The Kier molecular flexibility index (Phi) is 3.15. The minimum atomic E-state index is -0.261. The highest BCUT2D eigenvalue weighted by molar-refractivity contribution is 7.99. The van der Waals surface area contributed by atoms with Crippen LogP contribution in [0.5, 0.6) is 0 Å². The average molecular weight is 237 g/mol. The molecule has 0 aromatic carbocycles. The monoisotopic (exact) mass is 237 g/mol. The summed E-state index contributed by atoms with van der Waals surface area (Å²) < 4.78 is 2.84. The molecule has 0 saturated heterocycles. The van der Waals surface area contributed by atoms with Crippen LogP contribution in [0.4, 0.5) is 0 Å². The second-order valence-corrected chi connectivity index (χ2v) is 4.63. The molecule has 6 heteroatoms. The van der Waals surface area contributed by atoms with E-state index in [0.717, 1.165) is 10.8 Å². The molecule has 0 saturated carbocycles. The molecule has 0 aliphatic carbocycles. The summed E-state index contributed by atoms with van der Waals surface area (Å²) >= 11 is 1.53. The fourth-order valence-electron chi connectivity index (χ4n) is 1.68. The van der Waals surface area contributed by atoms with E-state index >= 15 is 0 Å². The van der Waals surface area contributed by atoms with Crippen LogP contribution in [0.15, 0.2) is 20.7 Å². The summed E-state index contributed by atoms with van der Waals surface area (Å²) in [5.41, 5.74) is -0.506. The highest BCUT2D eigenvalue weighted by Gasteiger charge is 2.16. The van der Waals surface area contributed by atoms with Gasteiger partial charge in [0.25, 0.3) is 5.56 Å². The van der Waals surface area contributed by atoms with Gasteiger partial charge in [-0.3, -0.25) is 13.9 Å². The Hall–Kier alpha value is -1.48. The van der Waals surface area contributed by atoms with Gasteiger partial charge in [0.2, 0.25) is 0 Å². The maximum atomic E-state index is 11.9. The van der Waals surface area contributed by atoms with Gasteiger partial charge in [-0.05, 0) is 6.42 Å². The Labute approximate surface area is 96.3 Å².